The number of anilines is 4. The Kier molecular flexibility index (Phi) is 14.9. The molecule has 8 N–H and O–H groups in total. The summed E-state index contributed by atoms with van der Waals surface area (Å²) in [6.07, 6.45) is 12.0. The molecule has 3 unspecified atom stereocenters. The molecule has 0 radical (unpaired) electrons. The van der Waals surface area contributed by atoms with Gasteiger partial charge in [-0.15, -0.1) is 0 Å². The number of hydrogen-bond acceptors (Lipinski definition) is 13. The summed E-state index contributed by atoms with van der Waals surface area (Å²) >= 11 is 7.99. The van der Waals surface area contributed by atoms with E-state index in [0.29, 0.717) is 51.1 Å². The van der Waals surface area contributed by atoms with E-state index in [-0.39, 0.29) is 60.1 Å². The number of imide groups is 2. The number of carbonyl (C=O) groups is 6. The molecule has 0 bridgehead atoms. The van der Waals surface area contributed by atoms with E-state index in [9.17, 15) is 28.8 Å². The van der Waals surface area contributed by atoms with Crippen LogP contribution in [0.25, 0.3) is 0 Å². The van der Waals surface area contributed by atoms with Crippen molar-refractivity contribution in [3.05, 3.63) is 58.7 Å². The third-order valence-electron chi connectivity index (χ3n) is 13.0. The molecule has 2 aromatic carbocycles. The Labute approximate surface area is 376 Å². The van der Waals surface area contributed by atoms with Gasteiger partial charge in [-0.2, -0.15) is 0 Å². The van der Waals surface area contributed by atoms with Crippen LogP contribution in [0.3, 0.4) is 0 Å². The standard InChI is InChI=1S/C45H57ClN10O6S/c1-27-18-19-45(39(27)47)20-24-55(25-21-45)33-26-51-42(40(48)53-33)63-32-13-9-12-30(38(32)46)52-35(58)17-16-34(57)50-23-7-5-3-2-4-6-22-49-29-11-8-10-28-37(29)44(62)56(43(28)61)31-14-15-36(59)54-41(31)60/h8-13,26-27,31,39,49H,2-7,14-25,47H2,1H3,(H2,48,53)(H,50,57)(H,52,58)(H,54,59,60). The fourth-order valence-electron chi connectivity index (χ4n) is 9.23. The summed E-state index contributed by atoms with van der Waals surface area (Å²) in [5.74, 6) is -1.01. The van der Waals surface area contributed by atoms with E-state index < -0.39 is 29.7 Å². The zero-order valence-electron chi connectivity index (χ0n) is 35.7. The van der Waals surface area contributed by atoms with E-state index in [1.807, 2.05) is 6.07 Å². The van der Waals surface area contributed by atoms with E-state index >= 15 is 0 Å². The number of benzene rings is 2. The van der Waals surface area contributed by atoms with E-state index in [4.69, 9.17) is 23.1 Å². The lowest BCUT2D eigenvalue weighted by atomic mass is 9.73. The average molecular weight is 902 g/mol. The van der Waals surface area contributed by atoms with Crippen LogP contribution in [0, 0.1) is 11.3 Å². The molecule has 1 saturated carbocycles. The highest BCUT2D eigenvalue weighted by atomic mass is 35.5. The molecule has 3 aromatic rings. The highest BCUT2D eigenvalue weighted by Gasteiger charge is 2.47. The molecule has 336 valence electrons. The number of fused-ring (bicyclic) bond motifs is 1. The number of carbonyl (C=O) groups excluding carboxylic acids is 6. The van der Waals surface area contributed by atoms with Crippen molar-refractivity contribution in [2.24, 2.45) is 17.1 Å². The topological polar surface area (TPSA) is 235 Å². The van der Waals surface area contributed by atoms with Crippen LogP contribution in [0.4, 0.5) is 23.0 Å². The minimum absolute atomic E-state index is 0.00435. The number of unbranched alkanes of at least 4 members (excludes halogenated alkanes) is 5. The van der Waals surface area contributed by atoms with Gasteiger partial charge in [-0.3, -0.25) is 39.0 Å². The SMILES string of the molecule is CC1CCC2(CCN(c3cnc(Sc4cccc(NC(=O)CCC(=O)NCCCCCCCCNc5cccc6c5C(=O)N(C5CCC(=O)NC5=O)C6=O)c4Cl)c(N)n3)CC2)C1N. The van der Waals surface area contributed by atoms with Gasteiger partial charge in [0.15, 0.2) is 5.82 Å². The molecule has 6 amide bonds. The van der Waals surface area contributed by atoms with Crippen molar-refractivity contribution in [3.8, 4) is 0 Å². The van der Waals surface area contributed by atoms with Gasteiger partial charge in [0.1, 0.15) is 16.9 Å². The Hall–Kier alpha value is -5.26. The average Bonchev–Trinajstić information content (AvgIpc) is 3.69. The predicted octanol–water partition coefficient (Wildman–Crippen LogP) is 5.90. The Balaban J connectivity index is 0.752. The molecule has 3 atom stereocenters. The molecule has 3 fully saturated rings. The maximum atomic E-state index is 13.3. The number of rotatable bonds is 18. The van der Waals surface area contributed by atoms with Crippen molar-refractivity contribution >= 4 is 81.8 Å². The molecule has 16 nitrogen and oxygen atoms in total. The second-order valence-corrected chi connectivity index (χ2v) is 18.6. The predicted molar refractivity (Wildman–Crippen MR) is 242 cm³/mol. The minimum atomic E-state index is -1.00. The quantitative estimate of drug-likeness (QED) is 0.0646. The van der Waals surface area contributed by atoms with Gasteiger partial charge in [-0.25, -0.2) is 9.97 Å². The summed E-state index contributed by atoms with van der Waals surface area (Å²) in [5, 5.41) is 12.1. The first-order chi connectivity index (χ1) is 30.3. The van der Waals surface area contributed by atoms with Crippen LogP contribution in [0.1, 0.15) is 118 Å². The normalized spacial score (nSPS) is 20.5. The van der Waals surface area contributed by atoms with Gasteiger partial charge in [-0.05, 0) is 80.5 Å². The first-order valence-corrected chi connectivity index (χ1v) is 23.3. The number of piperidine rings is 2. The first-order valence-electron chi connectivity index (χ1n) is 22.1. The van der Waals surface area contributed by atoms with Crippen LogP contribution >= 0.6 is 23.4 Å². The highest BCUT2D eigenvalue weighted by Crippen LogP contribution is 2.48. The summed E-state index contributed by atoms with van der Waals surface area (Å²) in [6.45, 7) is 5.12. The Morgan fingerprint density at radius 1 is 0.905 bits per heavy atom. The number of amides is 6. The lowest BCUT2D eigenvalue weighted by Crippen LogP contribution is -2.54. The molecule has 3 aliphatic heterocycles. The summed E-state index contributed by atoms with van der Waals surface area (Å²) in [5.41, 5.74) is 14.7. The highest BCUT2D eigenvalue weighted by molar-refractivity contribution is 7.99. The van der Waals surface area contributed by atoms with Crippen LogP contribution in [0.15, 0.2) is 52.5 Å². The van der Waals surface area contributed by atoms with Crippen molar-refractivity contribution in [2.75, 3.05) is 47.4 Å². The second-order valence-electron chi connectivity index (χ2n) is 17.2. The molecule has 2 saturated heterocycles. The molecule has 4 aliphatic rings. The zero-order chi connectivity index (χ0) is 44.7. The summed E-state index contributed by atoms with van der Waals surface area (Å²) in [4.78, 5) is 88.8. The van der Waals surface area contributed by atoms with Crippen molar-refractivity contribution < 1.29 is 28.8 Å². The Morgan fingerprint density at radius 3 is 2.32 bits per heavy atom. The van der Waals surface area contributed by atoms with Crippen LogP contribution in [0.2, 0.25) is 5.02 Å². The van der Waals surface area contributed by atoms with E-state index in [1.165, 1.54) is 24.6 Å². The largest absolute Gasteiger partial charge is 0.384 e. The maximum absolute atomic E-state index is 13.3. The monoisotopic (exact) mass is 900 g/mol. The summed E-state index contributed by atoms with van der Waals surface area (Å²) in [6, 6.07) is 9.59. The molecular formula is C45H57ClN10O6S. The number of nitrogens with one attached hydrogen (secondary N) is 4. The lowest BCUT2D eigenvalue weighted by Gasteiger charge is -2.43. The Morgan fingerprint density at radius 2 is 1.60 bits per heavy atom. The van der Waals surface area contributed by atoms with Gasteiger partial charge in [-0.1, -0.05) is 68.1 Å². The van der Waals surface area contributed by atoms with Gasteiger partial charge in [0.25, 0.3) is 11.8 Å². The van der Waals surface area contributed by atoms with Crippen molar-refractivity contribution in [1.82, 2.24) is 25.5 Å². The van der Waals surface area contributed by atoms with Gasteiger partial charge in [0.2, 0.25) is 23.6 Å². The van der Waals surface area contributed by atoms with Crippen molar-refractivity contribution in [2.45, 2.75) is 119 Å². The molecule has 7 rings (SSSR count). The number of nitrogens with zero attached hydrogens (tertiary/aromatic N) is 4. The summed E-state index contributed by atoms with van der Waals surface area (Å²) in [7, 11) is 0. The Bertz CT molecular complexity index is 2240. The third kappa shape index (κ3) is 10.6. The van der Waals surface area contributed by atoms with Gasteiger partial charge >= 0.3 is 0 Å². The molecule has 63 heavy (non-hydrogen) atoms. The van der Waals surface area contributed by atoms with E-state index in [2.05, 4.69) is 43.1 Å². The smallest absolute Gasteiger partial charge is 0.264 e. The third-order valence-corrected chi connectivity index (χ3v) is 14.6. The fraction of sp³-hybridized carbons (Fsp3) is 0.511. The minimum Gasteiger partial charge on any atom is -0.384 e. The van der Waals surface area contributed by atoms with E-state index in [1.54, 1.807) is 36.5 Å². The maximum Gasteiger partial charge on any atom is 0.264 e. The van der Waals surface area contributed by atoms with Gasteiger partial charge in [0, 0.05) is 62.1 Å². The number of aromatic nitrogens is 2. The number of nitrogens with two attached hydrogens (primary N) is 2. The molecule has 1 aliphatic carbocycles. The molecule has 1 aromatic heterocycles. The van der Waals surface area contributed by atoms with Crippen LogP contribution < -0.4 is 37.6 Å². The molecule has 4 heterocycles. The number of halogens is 1. The lowest BCUT2D eigenvalue weighted by molar-refractivity contribution is -0.136. The van der Waals surface area contributed by atoms with Crippen molar-refractivity contribution in [3.63, 3.8) is 0 Å². The van der Waals surface area contributed by atoms with Crippen molar-refractivity contribution in [1.29, 1.82) is 0 Å². The summed E-state index contributed by atoms with van der Waals surface area (Å²) < 4.78 is 0. The number of nitrogen functional groups attached to an aromatic ring is 1. The molecule has 1 spiro atoms. The second kappa shape index (κ2) is 20.5. The fourth-order valence-corrected chi connectivity index (χ4v) is 10.3. The zero-order valence-corrected chi connectivity index (χ0v) is 37.3. The van der Waals surface area contributed by atoms with Gasteiger partial charge in [0.05, 0.1) is 28.0 Å². The van der Waals surface area contributed by atoms with Crippen LogP contribution in [-0.2, 0) is 19.2 Å². The van der Waals surface area contributed by atoms with Gasteiger partial charge < -0.3 is 32.3 Å². The van der Waals surface area contributed by atoms with E-state index in [0.717, 1.165) is 75.2 Å². The molecule has 18 heteroatoms. The van der Waals surface area contributed by atoms with Crippen LogP contribution in [-0.4, -0.2) is 88.6 Å². The van der Waals surface area contributed by atoms with Crippen LogP contribution in [0.5, 0.6) is 0 Å². The number of hydrogen-bond donors (Lipinski definition) is 6. The first kappa shape index (κ1) is 45.8. The molecular weight excluding hydrogens is 844 g/mol.